The van der Waals surface area contributed by atoms with Gasteiger partial charge in [0.05, 0.1) is 5.92 Å². The van der Waals surface area contributed by atoms with E-state index in [1.807, 2.05) is 0 Å². The first kappa shape index (κ1) is 11.0. The number of aliphatic carboxylic acids is 1. The molecule has 84 valence electrons. The second-order valence-electron chi connectivity index (χ2n) is 3.71. The number of hydrogen-bond acceptors (Lipinski definition) is 3. The molecule has 2 rings (SSSR count). The van der Waals surface area contributed by atoms with Crippen LogP contribution in [0.3, 0.4) is 0 Å². The topological polar surface area (TPSA) is 63.3 Å². The number of benzene rings is 1. The van der Waals surface area contributed by atoms with Crippen molar-refractivity contribution in [3.05, 3.63) is 29.0 Å². The van der Waals surface area contributed by atoms with Crippen LogP contribution in [0.5, 0.6) is 0 Å². The lowest BCUT2D eigenvalue weighted by atomic mass is 10.0. The minimum absolute atomic E-state index is 0.312. The van der Waals surface area contributed by atoms with Crippen LogP contribution in [0.2, 0.25) is 5.02 Å². The Kier molecular flexibility index (Phi) is 2.83. The fourth-order valence-electron chi connectivity index (χ4n) is 1.48. The highest BCUT2D eigenvalue weighted by Gasteiger charge is 2.17. The average molecular weight is 240 g/mol. The summed E-state index contributed by atoms with van der Waals surface area (Å²) >= 11 is 5.86. The van der Waals surface area contributed by atoms with E-state index in [-0.39, 0.29) is 0 Å². The number of nitrogens with zero attached hydrogens (tertiary/aromatic N) is 1. The Balaban J connectivity index is 2.37. The molecule has 1 N–H and O–H groups in total. The van der Waals surface area contributed by atoms with Crippen LogP contribution in [0, 0.1) is 5.92 Å². The van der Waals surface area contributed by atoms with Crippen molar-refractivity contribution < 1.29 is 14.4 Å². The van der Waals surface area contributed by atoms with Crippen molar-refractivity contribution in [2.45, 2.75) is 13.3 Å². The van der Waals surface area contributed by atoms with Crippen molar-refractivity contribution in [2.75, 3.05) is 0 Å². The van der Waals surface area contributed by atoms with E-state index in [1.165, 1.54) is 0 Å². The molecule has 0 amide bonds. The number of aromatic nitrogens is 1. The normalized spacial score (nSPS) is 12.9. The monoisotopic (exact) mass is 239 g/mol. The Labute approximate surface area is 96.8 Å². The molecule has 1 unspecified atom stereocenters. The maximum Gasteiger partial charge on any atom is 0.306 e. The van der Waals surface area contributed by atoms with Gasteiger partial charge in [-0.05, 0) is 18.2 Å². The zero-order valence-corrected chi connectivity index (χ0v) is 9.36. The molecule has 0 aliphatic heterocycles. The van der Waals surface area contributed by atoms with Gasteiger partial charge in [-0.25, -0.2) is 0 Å². The van der Waals surface area contributed by atoms with Crippen LogP contribution < -0.4 is 0 Å². The summed E-state index contributed by atoms with van der Waals surface area (Å²) in [5.74, 6) is -0.797. The summed E-state index contributed by atoms with van der Waals surface area (Å²) in [5, 5.41) is 14.0. The van der Waals surface area contributed by atoms with E-state index in [0.717, 1.165) is 5.39 Å². The molecule has 5 heteroatoms. The highest BCUT2D eigenvalue weighted by Crippen LogP contribution is 2.24. The average Bonchev–Trinajstić information content (AvgIpc) is 2.61. The molecular weight excluding hydrogens is 230 g/mol. The predicted molar refractivity (Wildman–Crippen MR) is 59.5 cm³/mol. The van der Waals surface area contributed by atoms with Crippen LogP contribution in [0.25, 0.3) is 10.9 Å². The molecule has 0 aliphatic carbocycles. The van der Waals surface area contributed by atoms with Gasteiger partial charge in [-0.1, -0.05) is 23.7 Å². The summed E-state index contributed by atoms with van der Waals surface area (Å²) in [7, 11) is 0. The van der Waals surface area contributed by atoms with Gasteiger partial charge in [-0.3, -0.25) is 4.79 Å². The minimum Gasteiger partial charge on any atom is -0.481 e. The Morgan fingerprint density at radius 2 is 2.38 bits per heavy atom. The Hall–Kier alpha value is -1.55. The smallest absolute Gasteiger partial charge is 0.306 e. The van der Waals surface area contributed by atoms with E-state index in [1.54, 1.807) is 25.1 Å². The Morgan fingerprint density at radius 1 is 1.62 bits per heavy atom. The van der Waals surface area contributed by atoms with Gasteiger partial charge < -0.3 is 9.63 Å². The van der Waals surface area contributed by atoms with E-state index in [0.29, 0.717) is 22.7 Å². The SMILES string of the molecule is CC(Cc1onc2ccc(Cl)cc12)C(=O)O. The van der Waals surface area contributed by atoms with Gasteiger partial charge in [0.25, 0.3) is 0 Å². The third kappa shape index (κ3) is 2.02. The van der Waals surface area contributed by atoms with Gasteiger partial charge in [-0.2, -0.15) is 0 Å². The Morgan fingerprint density at radius 3 is 3.06 bits per heavy atom. The second kappa shape index (κ2) is 4.14. The first-order chi connectivity index (χ1) is 7.58. The van der Waals surface area contributed by atoms with Crippen molar-refractivity contribution >= 4 is 28.5 Å². The lowest BCUT2D eigenvalue weighted by Gasteiger charge is -2.02. The third-order valence-corrected chi connectivity index (χ3v) is 2.66. The minimum atomic E-state index is -0.855. The molecule has 1 heterocycles. The van der Waals surface area contributed by atoms with E-state index in [2.05, 4.69) is 5.16 Å². The van der Waals surface area contributed by atoms with Gasteiger partial charge in [-0.15, -0.1) is 0 Å². The van der Waals surface area contributed by atoms with Crippen molar-refractivity contribution in [2.24, 2.45) is 5.92 Å². The first-order valence-electron chi connectivity index (χ1n) is 4.84. The molecule has 0 bridgehead atoms. The van der Waals surface area contributed by atoms with Crippen molar-refractivity contribution in [1.82, 2.24) is 5.16 Å². The molecule has 0 saturated carbocycles. The standard InChI is InChI=1S/C11H10ClNO3/c1-6(11(14)15)4-10-8-5-7(12)2-3-9(8)13-16-10/h2-3,5-6H,4H2,1H3,(H,14,15). The van der Waals surface area contributed by atoms with Crippen LogP contribution in [0.1, 0.15) is 12.7 Å². The molecule has 1 aromatic heterocycles. The molecule has 1 aromatic carbocycles. The summed E-state index contributed by atoms with van der Waals surface area (Å²) in [5.41, 5.74) is 0.692. The second-order valence-corrected chi connectivity index (χ2v) is 4.15. The van der Waals surface area contributed by atoms with Gasteiger partial charge >= 0.3 is 5.97 Å². The van der Waals surface area contributed by atoms with Gasteiger partial charge in [0.1, 0.15) is 11.3 Å². The summed E-state index contributed by atoms with van der Waals surface area (Å²) < 4.78 is 5.12. The van der Waals surface area contributed by atoms with Crippen LogP contribution in [0.4, 0.5) is 0 Å². The fourth-order valence-corrected chi connectivity index (χ4v) is 1.65. The van der Waals surface area contributed by atoms with E-state index < -0.39 is 11.9 Å². The van der Waals surface area contributed by atoms with Crippen LogP contribution in [-0.2, 0) is 11.2 Å². The molecule has 2 aromatic rings. The highest BCUT2D eigenvalue weighted by molar-refractivity contribution is 6.31. The lowest BCUT2D eigenvalue weighted by Crippen LogP contribution is -2.11. The fraction of sp³-hybridized carbons (Fsp3) is 0.273. The number of carboxylic acids is 1. The summed E-state index contributed by atoms with van der Waals surface area (Å²) in [6, 6.07) is 5.20. The number of halogens is 1. The predicted octanol–water partition coefficient (Wildman–Crippen LogP) is 2.74. The first-order valence-corrected chi connectivity index (χ1v) is 5.22. The summed E-state index contributed by atoms with van der Waals surface area (Å²) in [6.45, 7) is 1.63. The van der Waals surface area contributed by atoms with E-state index in [4.69, 9.17) is 21.2 Å². The molecule has 0 spiro atoms. The van der Waals surface area contributed by atoms with E-state index >= 15 is 0 Å². The maximum absolute atomic E-state index is 10.7. The number of fused-ring (bicyclic) bond motifs is 1. The molecule has 4 nitrogen and oxygen atoms in total. The Bertz CT molecular complexity index is 535. The molecule has 0 saturated heterocycles. The van der Waals surface area contributed by atoms with Crippen LogP contribution in [0.15, 0.2) is 22.7 Å². The molecular formula is C11H10ClNO3. The number of hydrogen-bond donors (Lipinski definition) is 1. The maximum atomic E-state index is 10.7. The van der Waals surface area contributed by atoms with Crippen molar-refractivity contribution in [3.8, 4) is 0 Å². The molecule has 16 heavy (non-hydrogen) atoms. The largest absolute Gasteiger partial charge is 0.481 e. The molecule has 0 fully saturated rings. The van der Waals surface area contributed by atoms with Crippen molar-refractivity contribution in [3.63, 3.8) is 0 Å². The zero-order chi connectivity index (χ0) is 11.7. The quantitative estimate of drug-likeness (QED) is 0.895. The van der Waals surface area contributed by atoms with Gasteiger partial charge in [0, 0.05) is 16.8 Å². The summed E-state index contributed by atoms with van der Waals surface area (Å²) in [6.07, 6.45) is 0.312. The highest BCUT2D eigenvalue weighted by atomic mass is 35.5. The molecule has 0 radical (unpaired) electrons. The molecule has 1 atom stereocenters. The molecule has 0 aliphatic rings. The van der Waals surface area contributed by atoms with E-state index in [9.17, 15) is 4.79 Å². The number of rotatable bonds is 3. The van der Waals surface area contributed by atoms with Crippen LogP contribution in [-0.4, -0.2) is 16.2 Å². The third-order valence-electron chi connectivity index (χ3n) is 2.43. The zero-order valence-electron chi connectivity index (χ0n) is 8.61. The van der Waals surface area contributed by atoms with Crippen LogP contribution >= 0.6 is 11.6 Å². The number of carboxylic acid groups (broad SMARTS) is 1. The van der Waals surface area contributed by atoms with Crippen molar-refractivity contribution in [1.29, 1.82) is 0 Å². The summed E-state index contributed by atoms with van der Waals surface area (Å²) in [4.78, 5) is 10.7. The van der Waals surface area contributed by atoms with Gasteiger partial charge in [0.2, 0.25) is 0 Å². The van der Waals surface area contributed by atoms with Gasteiger partial charge in [0.15, 0.2) is 0 Å². The number of carbonyl (C=O) groups is 1. The lowest BCUT2D eigenvalue weighted by molar-refractivity contribution is -0.141.